The normalized spacial score (nSPS) is 20.7. The molecule has 1 saturated heterocycles. The fourth-order valence-corrected chi connectivity index (χ4v) is 6.63. The number of piperidine rings is 1. The molecule has 43 heavy (non-hydrogen) atoms. The van der Waals surface area contributed by atoms with Crippen LogP contribution >= 0.6 is 0 Å². The van der Waals surface area contributed by atoms with Crippen LogP contribution in [0.2, 0.25) is 0 Å². The Morgan fingerprint density at radius 3 is 2.56 bits per heavy atom. The lowest BCUT2D eigenvalue weighted by Crippen LogP contribution is -2.37. The van der Waals surface area contributed by atoms with Crippen molar-refractivity contribution in [1.29, 1.82) is 0 Å². The summed E-state index contributed by atoms with van der Waals surface area (Å²) >= 11 is 0. The summed E-state index contributed by atoms with van der Waals surface area (Å²) in [5, 5.41) is 3.62. The number of rotatable bonds is 8. The van der Waals surface area contributed by atoms with Crippen LogP contribution in [0.1, 0.15) is 53.8 Å². The fraction of sp³-hybridized carbons (Fsp3) is 0.548. The average Bonchev–Trinajstić information content (AvgIpc) is 3.68. The molecule has 12 heteroatoms. The van der Waals surface area contributed by atoms with Gasteiger partial charge < -0.3 is 14.5 Å². The van der Waals surface area contributed by atoms with Gasteiger partial charge in [0.2, 0.25) is 11.9 Å². The van der Waals surface area contributed by atoms with Crippen molar-refractivity contribution >= 4 is 11.9 Å². The van der Waals surface area contributed by atoms with Crippen LogP contribution < -0.4 is 9.64 Å². The molecule has 1 aromatic carbocycles. The maximum atomic E-state index is 14.9. The molecule has 2 aliphatic heterocycles. The Balaban J connectivity index is 0.941. The number of anilines is 1. The highest BCUT2D eigenvalue weighted by atomic mass is 19.4. The van der Waals surface area contributed by atoms with Crippen LogP contribution in [-0.4, -0.2) is 56.8 Å². The number of hydrogen-bond acceptors (Lipinski definition) is 6. The van der Waals surface area contributed by atoms with Gasteiger partial charge in [0.15, 0.2) is 5.69 Å². The van der Waals surface area contributed by atoms with Crippen molar-refractivity contribution < 1.29 is 27.1 Å². The SMILES string of the molecule is Cc1cnc(N2CCC(C3C[C@H]3CCOc3ccc(CC(=O)N4CCc5c(C(F)(F)F)nn(C)c5C4)c(F)c3)CC2)nc1. The van der Waals surface area contributed by atoms with Crippen molar-refractivity contribution in [3.63, 3.8) is 0 Å². The molecule has 1 unspecified atom stereocenters. The Kier molecular flexibility index (Phi) is 8.04. The van der Waals surface area contributed by atoms with Gasteiger partial charge in [-0.1, -0.05) is 6.07 Å². The summed E-state index contributed by atoms with van der Waals surface area (Å²) in [6.45, 7) is 4.59. The van der Waals surface area contributed by atoms with E-state index >= 15 is 0 Å². The number of halogens is 4. The minimum atomic E-state index is -4.54. The minimum Gasteiger partial charge on any atom is -0.493 e. The Morgan fingerprint density at radius 2 is 1.86 bits per heavy atom. The second kappa shape index (κ2) is 11.8. The second-order valence-electron chi connectivity index (χ2n) is 12.1. The Labute approximate surface area is 248 Å². The summed E-state index contributed by atoms with van der Waals surface area (Å²) in [6, 6.07) is 4.53. The quantitative estimate of drug-likeness (QED) is 0.334. The molecule has 230 valence electrons. The summed E-state index contributed by atoms with van der Waals surface area (Å²) < 4.78 is 61.8. The fourth-order valence-electron chi connectivity index (χ4n) is 6.63. The number of benzene rings is 1. The molecule has 2 aromatic heterocycles. The van der Waals surface area contributed by atoms with E-state index in [2.05, 4.69) is 20.0 Å². The Hall–Kier alpha value is -3.70. The minimum absolute atomic E-state index is 0.0129. The second-order valence-corrected chi connectivity index (χ2v) is 12.1. The number of amides is 1. The molecule has 0 bridgehead atoms. The number of hydrogen-bond donors (Lipinski definition) is 0. The first-order valence-electron chi connectivity index (χ1n) is 14.9. The topological polar surface area (TPSA) is 76.4 Å². The van der Waals surface area contributed by atoms with E-state index in [9.17, 15) is 22.4 Å². The largest absolute Gasteiger partial charge is 0.493 e. The zero-order valence-corrected chi connectivity index (χ0v) is 24.4. The van der Waals surface area contributed by atoms with Gasteiger partial charge in [0.1, 0.15) is 11.6 Å². The van der Waals surface area contributed by atoms with Gasteiger partial charge in [-0.3, -0.25) is 9.48 Å². The van der Waals surface area contributed by atoms with Crippen LogP contribution in [0.4, 0.5) is 23.5 Å². The molecular formula is C31H36F4N6O2. The van der Waals surface area contributed by atoms with Gasteiger partial charge in [0.05, 0.1) is 25.3 Å². The molecule has 3 aliphatic rings. The molecule has 8 nitrogen and oxygen atoms in total. The van der Waals surface area contributed by atoms with Crippen molar-refractivity contribution in [3.05, 3.63) is 64.5 Å². The van der Waals surface area contributed by atoms with Gasteiger partial charge in [-0.2, -0.15) is 18.3 Å². The molecule has 4 heterocycles. The van der Waals surface area contributed by atoms with Gasteiger partial charge >= 0.3 is 6.18 Å². The predicted molar refractivity (Wildman–Crippen MR) is 151 cm³/mol. The number of aryl methyl sites for hydroxylation is 2. The molecule has 0 spiro atoms. The molecule has 3 aromatic rings. The molecule has 1 saturated carbocycles. The third-order valence-corrected chi connectivity index (χ3v) is 9.16. The maximum absolute atomic E-state index is 14.9. The number of alkyl halides is 3. The lowest BCUT2D eigenvalue weighted by Gasteiger charge is -2.32. The third kappa shape index (κ3) is 6.47. The first-order valence-corrected chi connectivity index (χ1v) is 14.9. The monoisotopic (exact) mass is 600 g/mol. The molecule has 0 N–H and O–H groups in total. The highest BCUT2D eigenvalue weighted by Crippen LogP contribution is 2.50. The van der Waals surface area contributed by atoms with Gasteiger partial charge in [-0.05, 0) is 74.0 Å². The van der Waals surface area contributed by atoms with E-state index in [1.165, 1.54) is 29.1 Å². The van der Waals surface area contributed by atoms with E-state index in [0.29, 0.717) is 35.8 Å². The molecule has 6 rings (SSSR count). The van der Waals surface area contributed by atoms with Crippen molar-refractivity contribution in [1.82, 2.24) is 24.6 Å². The van der Waals surface area contributed by atoms with Crippen molar-refractivity contribution in [2.24, 2.45) is 24.8 Å². The van der Waals surface area contributed by atoms with E-state index in [1.54, 1.807) is 12.1 Å². The number of carbonyl (C=O) groups excluding carboxylic acids is 1. The van der Waals surface area contributed by atoms with Gasteiger partial charge in [-0.25, -0.2) is 14.4 Å². The van der Waals surface area contributed by atoms with Crippen molar-refractivity contribution in [2.45, 2.75) is 58.2 Å². The Morgan fingerprint density at radius 1 is 1.12 bits per heavy atom. The van der Waals surface area contributed by atoms with Crippen LogP contribution in [-0.2, 0) is 37.4 Å². The molecule has 1 aliphatic carbocycles. The smallest absolute Gasteiger partial charge is 0.435 e. The number of nitrogens with zero attached hydrogens (tertiary/aromatic N) is 6. The van der Waals surface area contributed by atoms with E-state index < -0.39 is 17.7 Å². The zero-order chi connectivity index (χ0) is 30.3. The first kappa shape index (κ1) is 29.4. The molecule has 2 atom stereocenters. The van der Waals surface area contributed by atoms with E-state index in [1.807, 2.05) is 19.3 Å². The predicted octanol–water partition coefficient (Wildman–Crippen LogP) is 5.13. The van der Waals surface area contributed by atoms with E-state index in [-0.39, 0.29) is 43.0 Å². The number of ether oxygens (including phenoxy) is 1. The molecule has 2 fully saturated rings. The van der Waals surface area contributed by atoms with Gasteiger partial charge in [-0.15, -0.1) is 0 Å². The van der Waals surface area contributed by atoms with Gasteiger partial charge in [0.25, 0.3) is 0 Å². The summed E-state index contributed by atoms with van der Waals surface area (Å²) in [5.74, 6) is 2.41. The van der Waals surface area contributed by atoms with E-state index in [4.69, 9.17) is 4.74 Å². The highest BCUT2D eigenvalue weighted by molar-refractivity contribution is 5.79. The van der Waals surface area contributed by atoms with Gasteiger partial charge in [0, 0.05) is 50.7 Å². The average molecular weight is 601 g/mol. The molecule has 0 radical (unpaired) electrons. The lowest BCUT2D eigenvalue weighted by molar-refractivity contribution is -0.142. The van der Waals surface area contributed by atoms with Crippen LogP contribution in [0.15, 0.2) is 30.6 Å². The highest BCUT2D eigenvalue weighted by Gasteiger charge is 2.43. The molecular weight excluding hydrogens is 564 g/mol. The van der Waals surface area contributed by atoms with Crippen molar-refractivity contribution in [2.75, 3.05) is 31.1 Å². The number of aromatic nitrogens is 4. The van der Waals surface area contributed by atoms with Crippen LogP contribution in [0.25, 0.3) is 0 Å². The van der Waals surface area contributed by atoms with Crippen LogP contribution in [0.5, 0.6) is 5.75 Å². The summed E-state index contributed by atoms with van der Waals surface area (Å²) in [7, 11) is 1.44. The van der Waals surface area contributed by atoms with Crippen molar-refractivity contribution in [3.8, 4) is 5.75 Å². The van der Waals surface area contributed by atoms with E-state index in [0.717, 1.165) is 43.9 Å². The van der Waals surface area contributed by atoms with Crippen LogP contribution in [0, 0.1) is 30.5 Å². The zero-order valence-electron chi connectivity index (χ0n) is 24.4. The number of fused-ring (bicyclic) bond motifs is 1. The lowest BCUT2D eigenvalue weighted by atomic mass is 9.90. The maximum Gasteiger partial charge on any atom is 0.435 e. The summed E-state index contributed by atoms with van der Waals surface area (Å²) in [4.78, 5) is 25.5. The standard InChI is InChI=1S/C31H36F4N6O2/c1-19-16-36-30(37-17-19)40-9-5-20(6-10-40)25-13-21(25)8-12-43-23-4-3-22(26(32)15-23)14-28(42)41-11-7-24-27(18-41)39(2)38-29(24)31(33,34)35/h3-4,15-17,20-21,25H,5-14,18H2,1-2H3/t21-,25?/m1/s1. The summed E-state index contributed by atoms with van der Waals surface area (Å²) in [6.07, 6.45) is 3.47. The first-order chi connectivity index (χ1) is 20.6. The Bertz CT molecular complexity index is 1470. The van der Waals surface area contributed by atoms with Crippen LogP contribution in [0.3, 0.4) is 0 Å². The molecule has 1 amide bonds. The number of carbonyl (C=O) groups is 1. The third-order valence-electron chi connectivity index (χ3n) is 9.16. The summed E-state index contributed by atoms with van der Waals surface area (Å²) in [5.41, 5.74) is 0.878.